The average molecular weight is 296 g/mol. The number of thiol groups is 1. The lowest BCUT2D eigenvalue weighted by Gasteiger charge is -2.07. The van der Waals surface area contributed by atoms with Crippen LogP contribution in [0.1, 0.15) is 0 Å². The first-order valence-corrected chi connectivity index (χ1v) is 6.89. The Morgan fingerprint density at radius 2 is 1.68 bits per heavy atom. The number of para-hydroxylation sites is 1. The normalized spacial score (nSPS) is 9.47. The second-order valence-corrected chi connectivity index (χ2v) is 4.62. The van der Waals surface area contributed by atoms with Gasteiger partial charge in [-0.25, -0.2) is 0 Å². The number of nitrogens with two attached hydrogens (primary N) is 1. The summed E-state index contributed by atoms with van der Waals surface area (Å²) in [6, 6.07) is 16.0. The second kappa shape index (κ2) is 8.86. The van der Waals surface area contributed by atoms with E-state index in [0.717, 1.165) is 21.8 Å². The number of alkyl halides is 1. The van der Waals surface area contributed by atoms with Crippen molar-refractivity contribution in [1.29, 1.82) is 0 Å². The standard InChI is InChI=1S/C13H12OS.C2H6ClN/c1-14-13-5-3-2-4-12(13)10-6-8-11(15)9-7-10;3-1-2-4/h2-9,15H,1H3;1-2,4H2. The van der Waals surface area contributed by atoms with Crippen LogP contribution in [0.2, 0.25) is 0 Å². The van der Waals surface area contributed by atoms with Crippen molar-refractivity contribution in [2.75, 3.05) is 19.5 Å². The molecule has 2 aromatic rings. The molecule has 0 aliphatic rings. The zero-order chi connectivity index (χ0) is 14.1. The lowest BCUT2D eigenvalue weighted by atomic mass is 10.1. The summed E-state index contributed by atoms with van der Waals surface area (Å²) in [5.41, 5.74) is 7.14. The Kier molecular flexibility index (Phi) is 7.41. The van der Waals surface area contributed by atoms with Gasteiger partial charge in [0.1, 0.15) is 5.75 Å². The Bertz CT molecular complexity index is 486. The molecule has 0 aliphatic carbocycles. The third kappa shape index (κ3) is 5.15. The van der Waals surface area contributed by atoms with E-state index in [1.807, 2.05) is 48.5 Å². The van der Waals surface area contributed by atoms with Gasteiger partial charge in [0.2, 0.25) is 0 Å². The van der Waals surface area contributed by atoms with Gasteiger partial charge in [-0.05, 0) is 23.8 Å². The number of hydrogen-bond acceptors (Lipinski definition) is 3. The summed E-state index contributed by atoms with van der Waals surface area (Å²) in [7, 11) is 1.69. The number of benzene rings is 2. The van der Waals surface area contributed by atoms with Crippen LogP contribution in [0.15, 0.2) is 53.4 Å². The van der Waals surface area contributed by atoms with Crippen LogP contribution in [-0.2, 0) is 0 Å². The van der Waals surface area contributed by atoms with E-state index in [1.54, 1.807) is 7.11 Å². The van der Waals surface area contributed by atoms with Crippen LogP contribution in [0.3, 0.4) is 0 Å². The molecule has 0 spiro atoms. The molecule has 2 N–H and O–H groups in total. The molecule has 0 amide bonds. The van der Waals surface area contributed by atoms with E-state index in [9.17, 15) is 0 Å². The van der Waals surface area contributed by atoms with Gasteiger partial charge < -0.3 is 10.5 Å². The second-order valence-electron chi connectivity index (χ2n) is 3.72. The van der Waals surface area contributed by atoms with Crippen molar-refractivity contribution in [1.82, 2.24) is 0 Å². The number of halogens is 1. The van der Waals surface area contributed by atoms with E-state index in [4.69, 9.17) is 22.1 Å². The van der Waals surface area contributed by atoms with Gasteiger partial charge in [0, 0.05) is 22.9 Å². The monoisotopic (exact) mass is 295 g/mol. The maximum absolute atomic E-state index is 5.31. The molecule has 0 bridgehead atoms. The molecular weight excluding hydrogens is 278 g/mol. The summed E-state index contributed by atoms with van der Waals surface area (Å²) in [6.07, 6.45) is 0. The largest absolute Gasteiger partial charge is 0.496 e. The van der Waals surface area contributed by atoms with Crippen LogP contribution in [0.4, 0.5) is 0 Å². The minimum absolute atomic E-state index is 0.569. The molecular formula is C15H18ClNOS. The summed E-state index contributed by atoms with van der Waals surface area (Å²) < 4.78 is 5.31. The Labute approximate surface area is 125 Å². The molecule has 102 valence electrons. The first-order valence-electron chi connectivity index (χ1n) is 5.91. The van der Waals surface area contributed by atoms with E-state index in [1.165, 1.54) is 0 Å². The summed E-state index contributed by atoms with van der Waals surface area (Å²) >= 11 is 9.32. The van der Waals surface area contributed by atoms with E-state index in [0.29, 0.717) is 12.4 Å². The predicted octanol–water partition coefficient (Wildman–Crippen LogP) is 3.83. The maximum Gasteiger partial charge on any atom is 0.126 e. The van der Waals surface area contributed by atoms with Crippen LogP contribution in [0, 0.1) is 0 Å². The Balaban J connectivity index is 0.000000399. The van der Waals surface area contributed by atoms with Gasteiger partial charge in [-0.2, -0.15) is 0 Å². The van der Waals surface area contributed by atoms with E-state index in [2.05, 4.69) is 12.6 Å². The molecule has 0 aromatic heterocycles. The first kappa shape index (κ1) is 15.9. The minimum atomic E-state index is 0.569. The van der Waals surface area contributed by atoms with E-state index >= 15 is 0 Å². The molecule has 2 rings (SSSR count). The van der Waals surface area contributed by atoms with Gasteiger partial charge in [-0.3, -0.25) is 0 Å². The zero-order valence-corrected chi connectivity index (χ0v) is 12.5. The van der Waals surface area contributed by atoms with Crippen LogP contribution in [-0.4, -0.2) is 19.5 Å². The highest BCUT2D eigenvalue weighted by atomic mass is 35.5. The predicted molar refractivity (Wildman–Crippen MR) is 85.5 cm³/mol. The Morgan fingerprint density at radius 1 is 1.11 bits per heavy atom. The summed E-state index contributed by atoms with van der Waals surface area (Å²) in [6.45, 7) is 0.585. The minimum Gasteiger partial charge on any atom is -0.496 e. The van der Waals surface area contributed by atoms with Crippen molar-refractivity contribution in [3.63, 3.8) is 0 Å². The highest BCUT2D eigenvalue weighted by molar-refractivity contribution is 7.80. The SMILES string of the molecule is COc1ccccc1-c1ccc(S)cc1.NCCCl. The van der Waals surface area contributed by atoms with E-state index < -0.39 is 0 Å². The highest BCUT2D eigenvalue weighted by Crippen LogP contribution is 2.29. The topological polar surface area (TPSA) is 35.2 Å². The molecule has 0 aliphatic heterocycles. The average Bonchev–Trinajstić information content (AvgIpc) is 2.48. The molecule has 19 heavy (non-hydrogen) atoms. The fourth-order valence-electron chi connectivity index (χ4n) is 1.52. The number of methoxy groups -OCH3 is 1. The van der Waals surface area contributed by atoms with Crippen molar-refractivity contribution in [3.05, 3.63) is 48.5 Å². The van der Waals surface area contributed by atoms with Gasteiger partial charge in [0.05, 0.1) is 7.11 Å². The summed E-state index contributed by atoms with van der Waals surface area (Å²) in [5, 5.41) is 0. The van der Waals surface area contributed by atoms with Crippen molar-refractivity contribution in [3.8, 4) is 16.9 Å². The summed E-state index contributed by atoms with van der Waals surface area (Å²) in [4.78, 5) is 0.966. The molecule has 2 aromatic carbocycles. The Hall–Kier alpha value is -1.16. The fourth-order valence-corrected chi connectivity index (χ4v) is 1.67. The number of hydrogen-bond donors (Lipinski definition) is 2. The third-order valence-corrected chi connectivity index (χ3v) is 2.91. The molecule has 0 saturated carbocycles. The molecule has 0 unspecified atom stereocenters. The van der Waals surface area contributed by atoms with Crippen LogP contribution in [0.25, 0.3) is 11.1 Å². The van der Waals surface area contributed by atoms with Gasteiger partial charge in [-0.1, -0.05) is 30.3 Å². The van der Waals surface area contributed by atoms with Crippen LogP contribution in [0.5, 0.6) is 5.75 Å². The molecule has 2 nitrogen and oxygen atoms in total. The molecule has 0 radical (unpaired) electrons. The molecule has 4 heteroatoms. The zero-order valence-electron chi connectivity index (χ0n) is 10.8. The smallest absolute Gasteiger partial charge is 0.126 e. The molecule has 0 heterocycles. The third-order valence-electron chi connectivity index (χ3n) is 2.39. The quantitative estimate of drug-likeness (QED) is 0.667. The lowest BCUT2D eigenvalue weighted by Crippen LogP contribution is -1.97. The fraction of sp³-hybridized carbons (Fsp3) is 0.200. The highest BCUT2D eigenvalue weighted by Gasteiger charge is 2.03. The Morgan fingerprint density at radius 3 is 2.21 bits per heavy atom. The molecule has 0 saturated heterocycles. The van der Waals surface area contributed by atoms with E-state index in [-0.39, 0.29) is 0 Å². The van der Waals surface area contributed by atoms with Crippen molar-refractivity contribution in [2.24, 2.45) is 5.73 Å². The maximum atomic E-state index is 5.31. The lowest BCUT2D eigenvalue weighted by molar-refractivity contribution is 0.416. The van der Waals surface area contributed by atoms with Crippen molar-refractivity contribution >= 4 is 24.2 Å². The van der Waals surface area contributed by atoms with Gasteiger partial charge in [-0.15, -0.1) is 24.2 Å². The summed E-state index contributed by atoms with van der Waals surface area (Å²) in [5.74, 6) is 1.46. The number of ether oxygens (including phenoxy) is 1. The van der Waals surface area contributed by atoms with Gasteiger partial charge >= 0.3 is 0 Å². The van der Waals surface area contributed by atoms with Gasteiger partial charge in [0.15, 0.2) is 0 Å². The molecule has 0 fully saturated rings. The van der Waals surface area contributed by atoms with Crippen molar-refractivity contribution in [2.45, 2.75) is 4.90 Å². The van der Waals surface area contributed by atoms with Gasteiger partial charge in [0.25, 0.3) is 0 Å². The first-order chi connectivity index (χ1) is 9.22. The van der Waals surface area contributed by atoms with Crippen LogP contribution < -0.4 is 10.5 Å². The van der Waals surface area contributed by atoms with Crippen molar-refractivity contribution < 1.29 is 4.74 Å². The molecule has 0 atom stereocenters. The number of rotatable bonds is 3. The van der Waals surface area contributed by atoms with Crippen LogP contribution >= 0.6 is 24.2 Å².